The molecule has 0 radical (unpaired) electrons. The molecule has 0 saturated heterocycles. The zero-order chi connectivity index (χ0) is 29.0. The summed E-state index contributed by atoms with van der Waals surface area (Å²) in [4.78, 5) is 31.1. The van der Waals surface area contributed by atoms with E-state index in [9.17, 15) is 9.90 Å². The molecule has 1 fully saturated rings. The molecule has 42 heavy (non-hydrogen) atoms. The number of benzene rings is 2. The fourth-order valence-electron chi connectivity index (χ4n) is 6.12. The number of aliphatic hydroxyl groups is 1. The Labute approximate surface area is 241 Å². The molecular weight excluding hydrogens is 532 g/mol. The van der Waals surface area contributed by atoms with Crippen molar-refractivity contribution in [1.82, 2.24) is 30.4 Å². The van der Waals surface area contributed by atoms with Crippen molar-refractivity contribution in [3.8, 4) is 28.1 Å². The first kappa shape index (κ1) is 26.1. The van der Waals surface area contributed by atoms with Crippen LogP contribution in [0.5, 0.6) is 5.75 Å². The third-order valence-electron chi connectivity index (χ3n) is 8.21. The molecule has 7 rings (SSSR count). The van der Waals surface area contributed by atoms with Crippen LogP contribution in [-0.2, 0) is 0 Å². The van der Waals surface area contributed by atoms with E-state index in [1.165, 1.54) is 0 Å². The van der Waals surface area contributed by atoms with Crippen LogP contribution in [0.1, 0.15) is 47.8 Å². The minimum absolute atomic E-state index is 0.0324. The zero-order valence-electron chi connectivity index (χ0n) is 23.6. The molecular formula is C32H30N6O4. The van der Waals surface area contributed by atoms with Crippen LogP contribution in [0.15, 0.2) is 53.2 Å². The highest BCUT2D eigenvalue weighted by molar-refractivity contribution is 6.16. The fraction of sp³-hybridized carbons (Fsp3) is 0.281. The number of nitrogens with one attached hydrogen (secondary N) is 2. The molecule has 212 valence electrons. The van der Waals surface area contributed by atoms with Gasteiger partial charge in [0.05, 0.1) is 41.1 Å². The Morgan fingerprint density at radius 2 is 1.86 bits per heavy atom. The number of H-pyrrole nitrogens is 1. The summed E-state index contributed by atoms with van der Waals surface area (Å²) in [6.45, 7) is 3.77. The van der Waals surface area contributed by atoms with Crippen molar-refractivity contribution in [1.29, 1.82) is 0 Å². The van der Waals surface area contributed by atoms with Gasteiger partial charge < -0.3 is 24.7 Å². The molecule has 1 aliphatic rings. The number of rotatable bonds is 5. The van der Waals surface area contributed by atoms with Crippen LogP contribution >= 0.6 is 0 Å². The predicted molar refractivity (Wildman–Crippen MR) is 159 cm³/mol. The molecule has 6 aromatic rings. The van der Waals surface area contributed by atoms with Crippen LogP contribution in [-0.4, -0.2) is 55.4 Å². The number of carbonyl (C=O) groups excluding carboxylic acids is 1. The number of para-hydroxylation sites is 1. The smallest absolute Gasteiger partial charge is 0.289 e. The number of carbonyl (C=O) groups is 1. The van der Waals surface area contributed by atoms with Crippen LogP contribution in [0.25, 0.3) is 55.2 Å². The maximum atomic E-state index is 13.5. The second-order valence-corrected chi connectivity index (χ2v) is 10.9. The third-order valence-corrected chi connectivity index (χ3v) is 8.21. The second kappa shape index (κ2) is 10.2. The van der Waals surface area contributed by atoms with Crippen molar-refractivity contribution in [2.75, 3.05) is 7.11 Å². The highest BCUT2D eigenvalue weighted by atomic mass is 16.5. The summed E-state index contributed by atoms with van der Waals surface area (Å²) in [7, 11) is 1.64. The number of aryl methyl sites for hydroxylation is 2. The maximum absolute atomic E-state index is 13.5. The van der Waals surface area contributed by atoms with Gasteiger partial charge in [0.15, 0.2) is 0 Å². The van der Waals surface area contributed by atoms with Gasteiger partial charge in [0.25, 0.3) is 5.91 Å². The molecule has 2 aromatic carbocycles. The number of hydrogen-bond acceptors (Lipinski definition) is 8. The zero-order valence-corrected chi connectivity index (χ0v) is 23.6. The van der Waals surface area contributed by atoms with E-state index in [4.69, 9.17) is 19.2 Å². The lowest BCUT2D eigenvalue weighted by Gasteiger charge is -2.25. The second-order valence-electron chi connectivity index (χ2n) is 10.9. The average Bonchev–Trinajstić information content (AvgIpc) is 3.54. The number of aliphatic hydroxyl groups excluding tert-OH is 1. The van der Waals surface area contributed by atoms with Gasteiger partial charge in [0.2, 0.25) is 5.82 Å². The molecule has 1 amide bonds. The molecule has 0 aliphatic heterocycles. The van der Waals surface area contributed by atoms with Crippen LogP contribution in [0.3, 0.4) is 0 Å². The number of aromatic amines is 1. The Kier molecular flexibility index (Phi) is 6.35. The number of aromatic nitrogens is 5. The van der Waals surface area contributed by atoms with Crippen molar-refractivity contribution in [3.05, 3.63) is 65.9 Å². The number of pyridine rings is 1. The summed E-state index contributed by atoms with van der Waals surface area (Å²) in [5, 5.41) is 19.7. The van der Waals surface area contributed by atoms with Gasteiger partial charge in [0.1, 0.15) is 17.2 Å². The highest BCUT2D eigenvalue weighted by Crippen LogP contribution is 2.42. The number of amides is 1. The summed E-state index contributed by atoms with van der Waals surface area (Å²) in [5.74, 6) is 1.09. The van der Waals surface area contributed by atoms with E-state index in [1.54, 1.807) is 13.3 Å². The summed E-state index contributed by atoms with van der Waals surface area (Å²) in [5.41, 5.74) is 6.13. The van der Waals surface area contributed by atoms with Crippen molar-refractivity contribution < 1.29 is 19.2 Å². The quantitative estimate of drug-likeness (QED) is 0.245. The number of ether oxygens (including phenoxy) is 1. The van der Waals surface area contributed by atoms with E-state index in [0.717, 1.165) is 49.6 Å². The lowest BCUT2D eigenvalue weighted by Crippen LogP contribution is -2.39. The molecule has 4 aromatic heterocycles. The monoisotopic (exact) mass is 562 g/mol. The van der Waals surface area contributed by atoms with Crippen molar-refractivity contribution >= 4 is 38.7 Å². The van der Waals surface area contributed by atoms with Gasteiger partial charge in [0, 0.05) is 39.7 Å². The number of hydrogen-bond donors (Lipinski definition) is 3. The van der Waals surface area contributed by atoms with E-state index in [1.807, 2.05) is 56.3 Å². The molecule has 0 spiro atoms. The van der Waals surface area contributed by atoms with Gasteiger partial charge in [-0.25, -0.2) is 9.97 Å². The van der Waals surface area contributed by atoms with Crippen molar-refractivity contribution in [2.45, 2.75) is 51.7 Å². The molecule has 0 bridgehead atoms. The summed E-state index contributed by atoms with van der Waals surface area (Å²) >= 11 is 0. The number of fused-ring (bicyclic) bond motifs is 4. The lowest BCUT2D eigenvalue weighted by atomic mass is 9.93. The molecule has 0 unspecified atom stereocenters. The molecule has 0 atom stereocenters. The molecule has 1 saturated carbocycles. The first-order valence-electron chi connectivity index (χ1n) is 14.1. The molecule has 10 nitrogen and oxygen atoms in total. The Morgan fingerprint density at radius 3 is 2.62 bits per heavy atom. The Morgan fingerprint density at radius 1 is 1.05 bits per heavy atom. The van der Waals surface area contributed by atoms with E-state index in [2.05, 4.69) is 20.4 Å². The van der Waals surface area contributed by atoms with E-state index < -0.39 is 0 Å². The fourth-order valence-corrected chi connectivity index (χ4v) is 6.12. The van der Waals surface area contributed by atoms with E-state index in [0.29, 0.717) is 48.5 Å². The first-order valence-corrected chi connectivity index (χ1v) is 14.1. The van der Waals surface area contributed by atoms with Crippen LogP contribution in [0, 0.1) is 13.8 Å². The Balaban J connectivity index is 1.46. The summed E-state index contributed by atoms with van der Waals surface area (Å²) in [6.07, 6.45) is 4.20. The van der Waals surface area contributed by atoms with Gasteiger partial charge in [-0.05, 0) is 63.8 Å². The highest BCUT2D eigenvalue weighted by Gasteiger charge is 2.26. The van der Waals surface area contributed by atoms with Crippen molar-refractivity contribution in [2.24, 2.45) is 0 Å². The standard InChI is InChI=1S/C32H30N6O4/c1-16-27(17(2)42-38-16)23-14-25-22(15-26(23)41-3)28-29(21-12-13-33-24-7-5-4-6-20(21)24)36-31(37-30(28)35-25)32(40)34-18-8-10-19(39)11-9-18/h4-7,12-15,18-19,39H,8-11H2,1-3H3,(H,34,40)(H,35,36,37)/t18-,19+. The van der Waals surface area contributed by atoms with Gasteiger partial charge in [-0.2, -0.15) is 0 Å². The maximum Gasteiger partial charge on any atom is 0.289 e. The Hall–Kier alpha value is -4.83. The number of nitrogens with zero attached hydrogens (tertiary/aromatic N) is 4. The Bertz CT molecular complexity index is 1960. The third kappa shape index (κ3) is 4.35. The molecule has 4 heterocycles. The van der Waals surface area contributed by atoms with Gasteiger partial charge in [-0.15, -0.1) is 0 Å². The first-order chi connectivity index (χ1) is 20.4. The summed E-state index contributed by atoms with van der Waals surface area (Å²) < 4.78 is 11.3. The SMILES string of the molecule is COc1cc2c(cc1-c1c(C)noc1C)[nH]c1nc(C(=O)N[C@H]3CC[C@@H](O)CC3)nc(-c3ccnc4ccccc34)c12. The topological polar surface area (TPSA) is 139 Å². The van der Waals surface area contributed by atoms with Crippen LogP contribution in [0.2, 0.25) is 0 Å². The van der Waals surface area contributed by atoms with E-state index >= 15 is 0 Å². The van der Waals surface area contributed by atoms with E-state index in [-0.39, 0.29) is 23.9 Å². The number of methoxy groups -OCH3 is 1. The van der Waals surface area contributed by atoms with Gasteiger partial charge >= 0.3 is 0 Å². The summed E-state index contributed by atoms with van der Waals surface area (Å²) in [6, 6.07) is 13.7. The van der Waals surface area contributed by atoms with Crippen LogP contribution < -0.4 is 10.1 Å². The van der Waals surface area contributed by atoms with Gasteiger partial charge in [-0.1, -0.05) is 23.4 Å². The average molecular weight is 563 g/mol. The lowest BCUT2D eigenvalue weighted by molar-refractivity contribution is 0.0859. The molecule has 3 N–H and O–H groups in total. The van der Waals surface area contributed by atoms with Crippen molar-refractivity contribution in [3.63, 3.8) is 0 Å². The minimum Gasteiger partial charge on any atom is -0.496 e. The largest absolute Gasteiger partial charge is 0.496 e. The molecule has 1 aliphatic carbocycles. The van der Waals surface area contributed by atoms with Crippen LogP contribution in [0.4, 0.5) is 0 Å². The predicted octanol–water partition coefficient (Wildman–Crippen LogP) is 5.64. The minimum atomic E-state index is -0.342. The normalized spacial score (nSPS) is 17.2. The van der Waals surface area contributed by atoms with Gasteiger partial charge in [-0.3, -0.25) is 9.78 Å². The molecule has 10 heteroatoms.